The third-order valence-electron chi connectivity index (χ3n) is 3.63. The molecule has 124 valence electrons. The van der Waals surface area contributed by atoms with E-state index in [-0.39, 0.29) is 24.2 Å². The topological polar surface area (TPSA) is 108 Å². The number of aryl methyl sites for hydroxylation is 1. The number of carbonyl (C=O) groups excluding carboxylic acids is 2. The minimum atomic E-state index is -0.130. The molecule has 23 heavy (non-hydrogen) atoms. The molecule has 0 aromatic carbocycles. The Balaban J connectivity index is 1.91. The number of carbonyl (C=O) groups is 2. The Morgan fingerprint density at radius 2 is 2.09 bits per heavy atom. The van der Waals surface area contributed by atoms with E-state index in [9.17, 15) is 9.59 Å². The monoisotopic (exact) mass is 319 g/mol. The maximum atomic E-state index is 12.0. The zero-order valence-corrected chi connectivity index (χ0v) is 13.8. The molecule has 1 amide bonds. The lowest BCUT2D eigenvalue weighted by Crippen LogP contribution is -2.29. The first-order valence-corrected chi connectivity index (χ1v) is 7.44. The Bertz CT molecular complexity index is 690. The second-order valence-corrected chi connectivity index (χ2v) is 5.52. The van der Waals surface area contributed by atoms with Gasteiger partial charge < -0.3 is 5.32 Å². The molecule has 1 unspecified atom stereocenters. The SMILES string of the molecule is CC(=O)c1c(C)nn(C(C)CC(=O)NCCn2cnnn2)c1C. The highest BCUT2D eigenvalue weighted by Crippen LogP contribution is 2.19. The molecule has 1 atom stereocenters. The van der Waals surface area contributed by atoms with Crippen LogP contribution in [0.1, 0.15) is 48.1 Å². The van der Waals surface area contributed by atoms with Crippen LogP contribution in [0, 0.1) is 13.8 Å². The lowest BCUT2D eigenvalue weighted by atomic mass is 10.1. The lowest BCUT2D eigenvalue weighted by Gasteiger charge is -2.14. The zero-order valence-electron chi connectivity index (χ0n) is 13.8. The van der Waals surface area contributed by atoms with Gasteiger partial charge in [0.1, 0.15) is 6.33 Å². The molecule has 0 aliphatic carbocycles. The molecule has 2 aromatic heterocycles. The Hall–Kier alpha value is -2.58. The number of hydrogen-bond acceptors (Lipinski definition) is 6. The Labute approximate surface area is 134 Å². The minimum absolute atomic E-state index is 0.00987. The molecule has 9 nitrogen and oxygen atoms in total. The predicted octanol–water partition coefficient (Wildman–Crippen LogP) is 0.457. The smallest absolute Gasteiger partial charge is 0.222 e. The van der Waals surface area contributed by atoms with Crippen LogP contribution in [-0.2, 0) is 11.3 Å². The molecule has 0 aliphatic heterocycles. The van der Waals surface area contributed by atoms with Crippen molar-refractivity contribution >= 4 is 11.7 Å². The van der Waals surface area contributed by atoms with Crippen LogP contribution >= 0.6 is 0 Å². The second-order valence-electron chi connectivity index (χ2n) is 5.52. The van der Waals surface area contributed by atoms with Gasteiger partial charge in [-0.05, 0) is 38.1 Å². The third-order valence-corrected chi connectivity index (χ3v) is 3.63. The normalized spacial score (nSPS) is 12.2. The van der Waals surface area contributed by atoms with E-state index in [1.807, 2.05) is 13.8 Å². The van der Waals surface area contributed by atoms with Gasteiger partial charge in [-0.25, -0.2) is 4.68 Å². The standard InChI is InChI=1S/C14H21N7O2/c1-9(21-11(3)14(12(4)22)10(2)17-21)7-13(23)15-5-6-20-8-16-18-19-20/h8-9H,5-7H2,1-4H3,(H,15,23). The van der Waals surface area contributed by atoms with E-state index in [2.05, 4.69) is 25.9 Å². The van der Waals surface area contributed by atoms with Crippen molar-refractivity contribution in [3.8, 4) is 0 Å². The first-order valence-electron chi connectivity index (χ1n) is 7.44. The first-order chi connectivity index (χ1) is 10.9. The summed E-state index contributed by atoms with van der Waals surface area (Å²) in [7, 11) is 0. The van der Waals surface area contributed by atoms with Gasteiger partial charge in [-0.3, -0.25) is 14.3 Å². The first kappa shape index (κ1) is 16.8. The van der Waals surface area contributed by atoms with Crippen LogP contribution in [0.3, 0.4) is 0 Å². The Kier molecular flexibility index (Phi) is 5.20. The molecular formula is C14H21N7O2. The molecule has 0 saturated carbocycles. The average Bonchev–Trinajstić information content (AvgIpc) is 3.06. The molecule has 9 heteroatoms. The predicted molar refractivity (Wildman–Crippen MR) is 81.9 cm³/mol. The molecule has 0 spiro atoms. The molecule has 2 heterocycles. The molecule has 2 aromatic rings. The molecule has 0 radical (unpaired) electrons. The molecule has 1 N–H and O–H groups in total. The molecule has 0 bridgehead atoms. The maximum absolute atomic E-state index is 12.0. The van der Waals surface area contributed by atoms with Gasteiger partial charge in [0.2, 0.25) is 5.91 Å². The van der Waals surface area contributed by atoms with Crippen LogP contribution in [0.4, 0.5) is 0 Å². The van der Waals surface area contributed by atoms with E-state index in [4.69, 9.17) is 0 Å². The summed E-state index contributed by atoms with van der Waals surface area (Å²) < 4.78 is 3.29. The summed E-state index contributed by atoms with van der Waals surface area (Å²) >= 11 is 0. The Morgan fingerprint density at radius 1 is 1.35 bits per heavy atom. The number of amides is 1. The minimum Gasteiger partial charge on any atom is -0.354 e. The number of Topliss-reactive ketones (excluding diaryl/α,β-unsaturated/α-hetero) is 1. The van der Waals surface area contributed by atoms with Gasteiger partial charge in [0.15, 0.2) is 5.78 Å². The van der Waals surface area contributed by atoms with Crippen LogP contribution in [0.25, 0.3) is 0 Å². The van der Waals surface area contributed by atoms with Crippen molar-refractivity contribution in [1.82, 2.24) is 35.3 Å². The summed E-state index contributed by atoms with van der Waals surface area (Å²) in [5.74, 6) is -0.0909. The summed E-state index contributed by atoms with van der Waals surface area (Å²) in [6.45, 7) is 8.05. The Morgan fingerprint density at radius 3 is 2.65 bits per heavy atom. The van der Waals surface area contributed by atoms with Gasteiger partial charge in [0, 0.05) is 18.7 Å². The molecular weight excluding hydrogens is 298 g/mol. The second kappa shape index (κ2) is 7.12. The van der Waals surface area contributed by atoms with Crippen LogP contribution in [0.2, 0.25) is 0 Å². The highest BCUT2D eigenvalue weighted by atomic mass is 16.1. The van der Waals surface area contributed by atoms with Crippen LogP contribution < -0.4 is 5.32 Å². The number of rotatable bonds is 7. The van der Waals surface area contributed by atoms with Crippen LogP contribution in [0.5, 0.6) is 0 Å². The molecule has 0 fully saturated rings. The summed E-state index contributed by atoms with van der Waals surface area (Å²) in [6.07, 6.45) is 1.78. The van der Waals surface area contributed by atoms with E-state index in [0.717, 1.165) is 5.69 Å². The highest BCUT2D eigenvalue weighted by molar-refractivity contribution is 5.96. The molecule has 0 aliphatic rings. The van der Waals surface area contributed by atoms with Gasteiger partial charge in [-0.2, -0.15) is 5.10 Å². The summed E-state index contributed by atoms with van der Waals surface area (Å²) in [5.41, 5.74) is 2.13. The maximum Gasteiger partial charge on any atom is 0.222 e. The fraction of sp³-hybridized carbons (Fsp3) is 0.571. The fourth-order valence-corrected chi connectivity index (χ4v) is 2.62. The fourth-order valence-electron chi connectivity index (χ4n) is 2.62. The van der Waals surface area contributed by atoms with Crippen molar-refractivity contribution in [2.75, 3.05) is 6.54 Å². The molecule has 2 rings (SSSR count). The number of nitrogens with one attached hydrogen (secondary N) is 1. The average molecular weight is 319 g/mol. The van der Waals surface area contributed by atoms with Crippen molar-refractivity contribution in [1.29, 1.82) is 0 Å². The van der Waals surface area contributed by atoms with Gasteiger partial charge in [-0.1, -0.05) is 0 Å². The van der Waals surface area contributed by atoms with Crippen molar-refractivity contribution in [3.05, 3.63) is 23.3 Å². The third kappa shape index (κ3) is 3.99. The van der Waals surface area contributed by atoms with Crippen molar-refractivity contribution in [3.63, 3.8) is 0 Å². The summed E-state index contributed by atoms with van der Waals surface area (Å²) in [4.78, 5) is 23.7. The van der Waals surface area contributed by atoms with Gasteiger partial charge in [-0.15, -0.1) is 5.10 Å². The van der Waals surface area contributed by atoms with Gasteiger partial charge >= 0.3 is 0 Å². The molecule has 0 saturated heterocycles. The van der Waals surface area contributed by atoms with Gasteiger partial charge in [0.25, 0.3) is 0 Å². The summed E-state index contributed by atoms with van der Waals surface area (Å²) in [5, 5.41) is 18.0. The number of tetrazole rings is 1. The largest absolute Gasteiger partial charge is 0.354 e. The number of nitrogens with zero attached hydrogens (tertiary/aromatic N) is 6. The number of hydrogen-bond donors (Lipinski definition) is 1. The van der Waals surface area contributed by atoms with Crippen molar-refractivity contribution < 1.29 is 9.59 Å². The summed E-state index contributed by atoms with van der Waals surface area (Å²) in [6, 6.07) is -0.130. The number of aromatic nitrogens is 6. The lowest BCUT2D eigenvalue weighted by molar-refractivity contribution is -0.121. The van der Waals surface area contributed by atoms with Gasteiger partial charge in [0.05, 0.1) is 23.8 Å². The van der Waals surface area contributed by atoms with Crippen molar-refractivity contribution in [2.45, 2.75) is 46.7 Å². The highest BCUT2D eigenvalue weighted by Gasteiger charge is 2.20. The van der Waals surface area contributed by atoms with E-state index in [0.29, 0.717) is 24.3 Å². The van der Waals surface area contributed by atoms with E-state index in [1.165, 1.54) is 13.3 Å². The van der Waals surface area contributed by atoms with Crippen LogP contribution in [-0.4, -0.2) is 48.2 Å². The zero-order chi connectivity index (χ0) is 17.0. The van der Waals surface area contributed by atoms with E-state index >= 15 is 0 Å². The van der Waals surface area contributed by atoms with Crippen molar-refractivity contribution in [2.24, 2.45) is 0 Å². The quantitative estimate of drug-likeness (QED) is 0.743. The van der Waals surface area contributed by atoms with Crippen LogP contribution in [0.15, 0.2) is 6.33 Å². The van der Waals surface area contributed by atoms with E-state index in [1.54, 1.807) is 16.3 Å². The number of ketones is 1. The van der Waals surface area contributed by atoms with E-state index < -0.39 is 0 Å².